The van der Waals surface area contributed by atoms with Gasteiger partial charge in [-0.25, -0.2) is 18.6 Å². The number of hydrogen-bond acceptors (Lipinski definition) is 5. The molecule has 0 aliphatic heterocycles. The average molecular weight is 338 g/mol. The van der Waals surface area contributed by atoms with Crippen LogP contribution in [0.3, 0.4) is 0 Å². The van der Waals surface area contributed by atoms with Crippen molar-refractivity contribution < 1.29 is 33.4 Å². The van der Waals surface area contributed by atoms with Gasteiger partial charge in [0.25, 0.3) is 0 Å². The van der Waals surface area contributed by atoms with E-state index in [1.165, 1.54) is 11.4 Å². The van der Waals surface area contributed by atoms with Crippen LogP contribution in [0, 0.1) is 31.0 Å². The second-order valence-corrected chi connectivity index (χ2v) is 5.79. The van der Waals surface area contributed by atoms with Gasteiger partial charge in [-0.05, 0) is 26.0 Å². The van der Waals surface area contributed by atoms with Gasteiger partial charge in [-0.2, -0.15) is 4.57 Å². The van der Waals surface area contributed by atoms with E-state index in [1.54, 1.807) is 0 Å². The summed E-state index contributed by atoms with van der Waals surface area (Å²) in [6.07, 6.45) is 0. The normalized spacial score (nSPS) is 11.3. The molecule has 0 fully saturated rings. The summed E-state index contributed by atoms with van der Waals surface area (Å²) in [5, 5.41) is 4.54. The maximum atomic E-state index is 8.49. The molecule has 0 bridgehead atoms. The van der Waals surface area contributed by atoms with Crippen LogP contribution in [0.4, 0.5) is 0 Å². The van der Waals surface area contributed by atoms with Crippen molar-refractivity contribution >= 4 is 5.65 Å². The molecule has 0 amide bonds. The molecule has 2 heterocycles. The summed E-state index contributed by atoms with van der Waals surface area (Å²) in [6.45, 7) is 6.24. The Labute approximate surface area is 135 Å². The first kappa shape index (κ1) is 17.3. The summed E-state index contributed by atoms with van der Waals surface area (Å²) >= 11 is 0. The molecule has 0 aliphatic carbocycles. The highest BCUT2D eigenvalue weighted by molar-refractivity contribution is 5.38. The SMILES string of the molecule is Cc1cc2n(n1)c(C)cc(C)[n+]2-c1ccccc1.[O-][Cl+3]([O-])([O-])[O-]. The zero-order valence-electron chi connectivity index (χ0n) is 12.9. The monoisotopic (exact) mass is 337 g/mol. The van der Waals surface area contributed by atoms with Crippen molar-refractivity contribution in [3.63, 3.8) is 0 Å². The van der Waals surface area contributed by atoms with Crippen LogP contribution >= 0.6 is 0 Å². The molecule has 0 aliphatic rings. The Kier molecular flexibility index (Phi) is 4.98. The maximum absolute atomic E-state index is 8.49. The molecule has 0 saturated carbocycles. The summed E-state index contributed by atoms with van der Waals surface area (Å²) in [7, 11) is -4.94. The van der Waals surface area contributed by atoms with Crippen LogP contribution in [-0.2, 0) is 0 Å². The second-order valence-electron chi connectivity index (χ2n) is 5.03. The van der Waals surface area contributed by atoms with Crippen LogP contribution in [-0.4, -0.2) is 9.61 Å². The van der Waals surface area contributed by atoms with Gasteiger partial charge in [-0.1, -0.05) is 23.3 Å². The van der Waals surface area contributed by atoms with Crippen molar-refractivity contribution in [3.8, 4) is 5.69 Å². The fourth-order valence-corrected chi connectivity index (χ4v) is 2.43. The standard InChI is InChI=1S/C15H16N3.ClHO4/c1-11-9-15-17(14-7-5-4-6-8-14)12(2)10-13(3)18(15)16-11;2-1(3,4)5/h4-10H,1-3H3;(H,2,3,4,5)/q+1;/p-1. The van der Waals surface area contributed by atoms with Gasteiger partial charge in [0.2, 0.25) is 0 Å². The number of nitrogens with zero attached hydrogens (tertiary/aromatic N) is 3. The van der Waals surface area contributed by atoms with E-state index in [9.17, 15) is 0 Å². The van der Waals surface area contributed by atoms with Crippen molar-refractivity contribution in [3.05, 3.63) is 59.5 Å². The fraction of sp³-hybridized carbons (Fsp3) is 0.200. The van der Waals surface area contributed by atoms with Gasteiger partial charge in [0.1, 0.15) is 17.1 Å². The lowest BCUT2D eigenvalue weighted by molar-refractivity contribution is -2.00. The maximum Gasteiger partial charge on any atom is 0.314 e. The third-order valence-corrected chi connectivity index (χ3v) is 3.16. The lowest BCUT2D eigenvalue weighted by Gasteiger charge is -2.17. The Bertz CT molecular complexity index is 807. The first-order valence-electron chi connectivity index (χ1n) is 6.72. The number of aromatic nitrogens is 3. The molecule has 122 valence electrons. The summed E-state index contributed by atoms with van der Waals surface area (Å²) in [5.41, 5.74) is 5.68. The van der Waals surface area contributed by atoms with Crippen LogP contribution in [0.5, 0.6) is 0 Å². The van der Waals surface area contributed by atoms with Gasteiger partial charge < -0.3 is 0 Å². The zero-order chi connectivity index (χ0) is 17.2. The van der Waals surface area contributed by atoms with Gasteiger partial charge in [0.15, 0.2) is 0 Å². The predicted molar refractivity (Wildman–Crippen MR) is 70.9 cm³/mol. The van der Waals surface area contributed by atoms with Crippen molar-refractivity contribution in [2.24, 2.45) is 0 Å². The Morgan fingerprint density at radius 2 is 1.52 bits per heavy atom. The van der Waals surface area contributed by atoms with Crippen molar-refractivity contribution in [1.29, 1.82) is 0 Å². The smallest absolute Gasteiger partial charge is 0.222 e. The molecule has 0 spiro atoms. The van der Waals surface area contributed by atoms with Gasteiger partial charge in [0.05, 0.1) is 11.8 Å². The van der Waals surface area contributed by atoms with Crippen molar-refractivity contribution in [1.82, 2.24) is 9.61 Å². The molecule has 0 N–H and O–H groups in total. The summed E-state index contributed by atoms with van der Waals surface area (Å²) in [5.74, 6) is 0. The minimum absolute atomic E-state index is 1.04. The molecule has 7 nitrogen and oxygen atoms in total. The topological polar surface area (TPSA) is 113 Å². The van der Waals surface area contributed by atoms with E-state index < -0.39 is 10.2 Å². The largest absolute Gasteiger partial charge is 0.314 e. The van der Waals surface area contributed by atoms with E-state index >= 15 is 0 Å². The average Bonchev–Trinajstić information content (AvgIpc) is 2.80. The first-order valence-corrected chi connectivity index (χ1v) is 7.96. The van der Waals surface area contributed by atoms with E-state index in [-0.39, 0.29) is 0 Å². The molecule has 0 saturated heterocycles. The Hall–Kier alpha value is -2.03. The third-order valence-electron chi connectivity index (χ3n) is 3.16. The zero-order valence-corrected chi connectivity index (χ0v) is 13.6. The predicted octanol–water partition coefficient (Wildman–Crippen LogP) is -2.22. The third kappa shape index (κ3) is 4.47. The van der Waals surface area contributed by atoms with Gasteiger partial charge in [-0.15, -0.1) is 14.8 Å². The molecule has 23 heavy (non-hydrogen) atoms. The quantitative estimate of drug-likeness (QED) is 0.467. The summed E-state index contributed by atoms with van der Waals surface area (Å²) in [4.78, 5) is 0. The number of fused-ring (bicyclic) bond motifs is 1. The highest BCUT2D eigenvalue weighted by Gasteiger charge is 2.18. The molecule has 8 heteroatoms. The van der Waals surface area contributed by atoms with Crippen LogP contribution in [0.15, 0.2) is 42.5 Å². The second kappa shape index (κ2) is 6.61. The van der Waals surface area contributed by atoms with E-state index in [4.69, 9.17) is 18.6 Å². The molecule has 3 aromatic rings. The number of aryl methyl sites for hydroxylation is 3. The van der Waals surface area contributed by atoms with Gasteiger partial charge >= 0.3 is 5.65 Å². The Balaban J connectivity index is 0.000000338. The number of halogens is 1. The van der Waals surface area contributed by atoms with Crippen LogP contribution in [0.1, 0.15) is 17.1 Å². The van der Waals surface area contributed by atoms with Crippen LogP contribution in [0.2, 0.25) is 0 Å². The lowest BCUT2D eigenvalue weighted by Crippen LogP contribution is -2.68. The van der Waals surface area contributed by atoms with E-state index in [2.05, 4.69) is 59.9 Å². The molecule has 1 aromatic carbocycles. The van der Waals surface area contributed by atoms with E-state index in [0.29, 0.717) is 0 Å². The number of benzene rings is 1. The Morgan fingerprint density at radius 3 is 2.09 bits per heavy atom. The van der Waals surface area contributed by atoms with Crippen LogP contribution < -0.4 is 23.2 Å². The molecule has 0 atom stereocenters. The molecular formula is C15H16ClN3O4. The molecule has 0 radical (unpaired) electrons. The van der Waals surface area contributed by atoms with E-state index in [1.807, 2.05) is 17.5 Å². The van der Waals surface area contributed by atoms with E-state index in [0.717, 1.165) is 17.0 Å². The molecule has 0 unspecified atom stereocenters. The van der Waals surface area contributed by atoms with Gasteiger partial charge in [-0.3, -0.25) is 0 Å². The first-order chi connectivity index (χ1) is 10.7. The Morgan fingerprint density at radius 1 is 0.957 bits per heavy atom. The fourth-order valence-electron chi connectivity index (χ4n) is 2.43. The highest BCUT2D eigenvalue weighted by Crippen LogP contribution is 2.10. The minimum atomic E-state index is -4.94. The van der Waals surface area contributed by atoms with Crippen LogP contribution in [0.25, 0.3) is 11.3 Å². The van der Waals surface area contributed by atoms with Crippen molar-refractivity contribution in [2.45, 2.75) is 20.8 Å². The molecule has 3 rings (SSSR count). The van der Waals surface area contributed by atoms with Crippen molar-refractivity contribution in [2.75, 3.05) is 0 Å². The summed E-state index contributed by atoms with van der Waals surface area (Å²) < 4.78 is 38.2. The van der Waals surface area contributed by atoms with Gasteiger partial charge in [0, 0.05) is 13.0 Å². The summed E-state index contributed by atoms with van der Waals surface area (Å²) in [6, 6.07) is 14.7. The number of para-hydroxylation sites is 1. The molecular weight excluding hydrogens is 322 g/mol. The minimum Gasteiger partial charge on any atom is -0.222 e. The highest BCUT2D eigenvalue weighted by atomic mass is 35.7. The number of hydrogen-bond donors (Lipinski definition) is 0. The molecule has 2 aromatic heterocycles. The number of rotatable bonds is 1. The lowest BCUT2D eigenvalue weighted by atomic mass is 10.2.